The summed E-state index contributed by atoms with van der Waals surface area (Å²) in [5.74, 6) is 1.71. The number of furan rings is 1. The van der Waals surface area contributed by atoms with Crippen molar-refractivity contribution in [1.29, 1.82) is 0 Å². The second-order valence-corrected chi connectivity index (χ2v) is 4.04. The predicted octanol–water partition coefficient (Wildman–Crippen LogP) is 3.85. The predicted molar refractivity (Wildman–Crippen MR) is 79.6 cm³/mol. The van der Waals surface area contributed by atoms with Gasteiger partial charge in [-0.3, -0.25) is 5.43 Å². The van der Waals surface area contributed by atoms with Gasteiger partial charge in [-0.15, -0.1) is 0 Å². The maximum Gasteiger partial charge on any atom is 0.127 e. The van der Waals surface area contributed by atoms with Crippen molar-refractivity contribution in [3.05, 3.63) is 72.2 Å². The molecule has 3 nitrogen and oxygen atoms in total. The van der Waals surface area contributed by atoms with Gasteiger partial charge in [-0.25, -0.2) is 0 Å². The lowest BCUT2D eigenvalue weighted by Crippen LogP contribution is -2.02. The number of hydrogen-bond acceptors (Lipinski definition) is 3. The number of rotatable bonds is 5. The van der Waals surface area contributed by atoms with Crippen LogP contribution < -0.4 is 5.43 Å². The van der Waals surface area contributed by atoms with E-state index in [4.69, 9.17) is 4.42 Å². The van der Waals surface area contributed by atoms with Gasteiger partial charge in [-0.2, -0.15) is 5.10 Å². The Morgan fingerprint density at radius 2 is 2.00 bits per heavy atom. The summed E-state index contributed by atoms with van der Waals surface area (Å²) >= 11 is 0. The zero-order valence-corrected chi connectivity index (χ0v) is 10.8. The van der Waals surface area contributed by atoms with Gasteiger partial charge < -0.3 is 4.42 Å². The molecule has 2 aromatic rings. The molecular weight excluding hydrogens is 236 g/mol. The van der Waals surface area contributed by atoms with Crippen LogP contribution in [-0.4, -0.2) is 6.21 Å². The Hall–Kier alpha value is -2.55. The van der Waals surface area contributed by atoms with Crippen LogP contribution in [0.1, 0.15) is 17.1 Å². The summed E-state index contributed by atoms with van der Waals surface area (Å²) < 4.78 is 5.39. The van der Waals surface area contributed by atoms with E-state index >= 15 is 0 Å². The Labute approximate surface area is 113 Å². The van der Waals surface area contributed by atoms with Crippen molar-refractivity contribution < 1.29 is 4.42 Å². The fourth-order valence-corrected chi connectivity index (χ4v) is 1.54. The first-order chi connectivity index (χ1) is 9.25. The Bertz CT molecular complexity index is 594. The van der Waals surface area contributed by atoms with Gasteiger partial charge in [0.25, 0.3) is 0 Å². The molecule has 3 heteroatoms. The largest absolute Gasteiger partial charge is 0.462 e. The van der Waals surface area contributed by atoms with Crippen molar-refractivity contribution in [2.75, 3.05) is 0 Å². The lowest BCUT2D eigenvalue weighted by atomic mass is 10.2. The van der Waals surface area contributed by atoms with Crippen LogP contribution >= 0.6 is 0 Å². The van der Waals surface area contributed by atoms with Crippen molar-refractivity contribution in [2.24, 2.45) is 5.10 Å². The number of hydrogen-bond donors (Lipinski definition) is 1. The van der Waals surface area contributed by atoms with Gasteiger partial charge in [0.2, 0.25) is 0 Å². The Morgan fingerprint density at radius 3 is 2.68 bits per heavy atom. The average Bonchev–Trinajstić information content (AvgIpc) is 2.85. The third-order valence-electron chi connectivity index (χ3n) is 2.50. The van der Waals surface area contributed by atoms with Gasteiger partial charge >= 0.3 is 0 Å². The molecule has 0 radical (unpaired) electrons. The van der Waals surface area contributed by atoms with E-state index in [1.165, 1.54) is 0 Å². The van der Waals surface area contributed by atoms with E-state index in [-0.39, 0.29) is 0 Å². The third kappa shape index (κ3) is 4.00. The molecule has 0 fully saturated rings. The smallest absolute Gasteiger partial charge is 0.127 e. The van der Waals surface area contributed by atoms with Gasteiger partial charge in [0.1, 0.15) is 11.5 Å². The van der Waals surface area contributed by atoms with E-state index in [0.717, 1.165) is 22.8 Å². The van der Waals surface area contributed by atoms with Crippen molar-refractivity contribution in [2.45, 2.75) is 6.92 Å². The lowest BCUT2D eigenvalue weighted by Gasteiger charge is -2.03. The first-order valence-corrected chi connectivity index (χ1v) is 6.02. The number of aryl methyl sites for hydroxylation is 1. The molecule has 1 aromatic heterocycles. The number of nitrogens with one attached hydrogen (secondary N) is 1. The zero-order valence-electron chi connectivity index (χ0n) is 10.8. The van der Waals surface area contributed by atoms with Gasteiger partial charge in [0.05, 0.1) is 5.70 Å². The van der Waals surface area contributed by atoms with E-state index in [1.54, 1.807) is 6.21 Å². The molecule has 0 spiro atoms. The van der Waals surface area contributed by atoms with Gasteiger partial charge in [-0.1, -0.05) is 36.9 Å². The number of nitrogens with zero attached hydrogens (tertiary/aromatic N) is 1. The van der Waals surface area contributed by atoms with Crippen molar-refractivity contribution in [3.8, 4) is 0 Å². The second kappa shape index (κ2) is 6.40. The van der Waals surface area contributed by atoms with Gasteiger partial charge in [0.15, 0.2) is 0 Å². The molecular formula is C16H16N2O. The molecule has 19 heavy (non-hydrogen) atoms. The quantitative estimate of drug-likeness (QED) is 0.648. The fourth-order valence-electron chi connectivity index (χ4n) is 1.54. The highest BCUT2D eigenvalue weighted by Crippen LogP contribution is 2.08. The number of allylic oxidation sites excluding steroid dienone is 1. The SMILES string of the molecule is C=C(N/N=C/C=C/c1ccc(C)o1)c1ccccc1. The molecule has 1 heterocycles. The van der Waals surface area contributed by atoms with Crippen LogP contribution in [0.2, 0.25) is 0 Å². The second-order valence-electron chi connectivity index (χ2n) is 4.04. The highest BCUT2D eigenvalue weighted by molar-refractivity contribution is 5.77. The lowest BCUT2D eigenvalue weighted by molar-refractivity contribution is 0.525. The molecule has 0 aliphatic rings. The van der Waals surface area contributed by atoms with E-state index in [2.05, 4.69) is 17.1 Å². The van der Waals surface area contributed by atoms with Crippen molar-refractivity contribution in [3.63, 3.8) is 0 Å². The zero-order chi connectivity index (χ0) is 13.5. The summed E-state index contributed by atoms with van der Waals surface area (Å²) in [6.45, 7) is 5.83. The summed E-state index contributed by atoms with van der Waals surface area (Å²) in [5, 5.41) is 4.07. The Balaban J connectivity index is 1.84. The molecule has 0 amide bonds. The minimum absolute atomic E-state index is 0.763. The van der Waals surface area contributed by atoms with E-state index < -0.39 is 0 Å². The highest BCUT2D eigenvalue weighted by atomic mass is 16.3. The first kappa shape index (κ1) is 12.9. The van der Waals surface area contributed by atoms with Gasteiger partial charge in [-0.05, 0) is 36.8 Å². The molecule has 1 aromatic carbocycles. The maximum atomic E-state index is 5.39. The Kier molecular flexibility index (Phi) is 4.34. The molecule has 0 unspecified atom stereocenters. The molecule has 0 bridgehead atoms. The van der Waals surface area contributed by atoms with Crippen LogP contribution in [0.15, 0.2) is 64.6 Å². The van der Waals surface area contributed by atoms with Gasteiger partial charge in [0, 0.05) is 6.21 Å². The topological polar surface area (TPSA) is 37.5 Å². The highest BCUT2D eigenvalue weighted by Gasteiger charge is 1.93. The average molecular weight is 252 g/mol. The molecule has 0 aliphatic heterocycles. The first-order valence-electron chi connectivity index (χ1n) is 6.02. The maximum absolute atomic E-state index is 5.39. The molecule has 1 N–H and O–H groups in total. The van der Waals surface area contributed by atoms with E-state index in [1.807, 2.05) is 61.5 Å². The van der Waals surface area contributed by atoms with Crippen LogP contribution in [0, 0.1) is 6.92 Å². The molecule has 2 rings (SSSR count). The third-order valence-corrected chi connectivity index (χ3v) is 2.50. The molecule has 0 saturated heterocycles. The van der Waals surface area contributed by atoms with Crippen LogP contribution in [0.3, 0.4) is 0 Å². The summed E-state index contributed by atoms with van der Waals surface area (Å²) in [6.07, 6.45) is 5.32. The van der Waals surface area contributed by atoms with Crippen LogP contribution in [0.5, 0.6) is 0 Å². The molecule has 0 atom stereocenters. The number of benzene rings is 1. The standard InChI is InChI=1S/C16H16N2O/c1-13-10-11-16(19-13)9-6-12-17-18-14(2)15-7-4-3-5-8-15/h3-12,18H,2H2,1H3/b9-6+,17-12+. The summed E-state index contributed by atoms with van der Waals surface area (Å²) in [5.41, 5.74) is 4.67. The fraction of sp³-hybridized carbons (Fsp3) is 0.0625. The van der Waals surface area contributed by atoms with Crippen molar-refractivity contribution >= 4 is 18.0 Å². The summed E-state index contributed by atoms with van der Waals surface area (Å²) in [4.78, 5) is 0. The molecule has 96 valence electrons. The summed E-state index contributed by atoms with van der Waals surface area (Å²) in [7, 11) is 0. The van der Waals surface area contributed by atoms with E-state index in [0.29, 0.717) is 0 Å². The van der Waals surface area contributed by atoms with Crippen LogP contribution in [-0.2, 0) is 0 Å². The summed E-state index contributed by atoms with van der Waals surface area (Å²) in [6, 6.07) is 13.7. The molecule has 0 aliphatic carbocycles. The van der Waals surface area contributed by atoms with E-state index in [9.17, 15) is 0 Å². The Morgan fingerprint density at radius 1 is 1.21 bits per heavy atom. The molecule has 0 saturated carbocycles. The normalized spacial score (nSPS) is 11.2. The monoisotopic (exact) mass is 252 g/mol. The van der Waals surface area contributed by atoms with Crippen LogP contribution in [0.25, 0.3) is 11.8 Å². The minimum Gasteiger partial charge on any atom is -0.462 e. The van der Waals surface area contributed by atoms with Crippen molar-refractivity contribution in [1.82, 2.24) is 5.43 Å². The number of hydrazone groups is 1. The minimum atomic E-state index is 0.763. The van der Waals surface area contributed by atoms with Crippen LogP contribution in [0.4, 0.5) is 0 Å².